The number of ketones is 1. The maximum absolute atomic E-state index is 11.7. The van der Waals surface area contributed by atoms with Crippen LogP contribution in [0.25, 0.3) is 0 Å². The lowest BCUT2D eigenvalue weighted by atomic mass is 9.58. The Labute approximate surface area is 86.6 Å². The van der Waals surface area contributed by atoms with E-state index in [2.05, 4.69) is 6.58 Å². The van der Waals surface area contributed by atoms with Gasteiger partial charge in [-0.05, 0) is 38.0 Å². The molecular formula is C13H20O. The summed E-state index contributed by atoms with van der Waals surface area (Å²) in [4.78, 5) is 11.7. The molecule has 2 aliphatic carbocycles. The number of carbonyl (C=O) groups is 1. The Bertz CT molecular complexity index is 244. The van der Waals surface area contributed by atoms with Crippen LogP contribution in [0.4, 0.5) is 0 Å². The molecular weight excluding hydrogens is 172 g/mol. The molecule has 2 aliphatic rings. The Morgan fingerprint density at radius 2 is 2.36 bits per heavy atom. The predicted molar refractivity (Wildman–Crippen MR) is 58.1 cm³/mol. The van der Waals surface area contributed by atoms with Gasteiger partial charge in [-0.25, -0.2) is 0 Å². The van der Waals surface area contributed by atoms with Crippen molar-refractivity contribution in [1.29, 1.82) is 0 Å². The minimum atomic E-state index is 0.168. The van der Waals surface area contributed by atoms with E-state index in [0.717, 1.165) is 25.2 Å². The number of carbonyl (C=O) groups excluding carboxylic acids is 1. The lowest BCUT2D eigenvalue weighted by Gasteiger charge is -2.43. The van der Waals surface area contributed by atoms with Crippen molar-refractivity contribution in [3.8, 4) is 0 Å². The molecule has 0 radical (unpaired) electrons. The van der Waals surface area contributed by atoms with Crippen molar-refractivity contribution in [3.63, 3.8) is 0 Å². The molecule has 0 saturated heterocycles. The third kappa shape index (κ3) is 1.43. The summed E-state index contributed by atoms with van der Waals surface area (Å²) in [6.45, 7) is 3.72. The van der Waals surface area contributed by atoms with Crippen molar-refractivity contribution in [2.24, 2.45) is 11.3 Å². The first-order valence-corrected chi connectivity index (χ1v) is 5.94. The van der Waals surface area contributed by atoms with Crippen molar-refractivity contribution < 1.29 is 4.79 Å². The van der Waals surface area contributed by atoms with E-state index in [1.54, 1.807) is 0 Å². The summed E-state index contributed by atoms with van der Waals surface area (Å²) in [6, 6.07) is 0. The van der Waals surface area contributed by atoms with Gasteiger partial charge in [0.1, 0.15) is 5.78 Å². The maximum Gasteiger partial charge on any atom is 0.139 e. The van der Waals surface area contributed by atoms with Gasteiger partial charge in [0.15, 0.2) is 0 Å². The van der Waals surface area contributed by atoms with Crippen LogP contribution in [-0.4, -0.2) is 5.78 Å². The number of rotatable bonds is 5. The molecule has 1 heteroatoms. The monoisotopic (exact) mass is 192 g/mol. The first kappa shape index (κ1) is 9.95. The molecule has 14 heavy (non-hydrogen) atoms. The Balaban J connectivity index is 1.83. The van der Waals surface area contributed by atoms with Gasteiger partial charge in [0.2, 0.25) is 0 Å². The van der Waals surface area contributed by atoms with E-state index in [1.807, 2.05) is 6.08 Å². The maximum atomic E-state index is 11.7. The molecule has 0 N–H and O–H groups in total. The molecule has 0 amide bonds. The molecule has 0 aromatic rings. The minimum Gasteiger partial charge on any atom is -0.299 e. The highest BCUT2D eigenvalue weighted by Crippen LogP contribution is 2.57. The van der Waals surface area contributed by atoms with Gasteiger partial charge >= 0.3 is 0 Å². The van der Waals surface area contributed by atoms with Gasteiger partial charge in [-0.15, -0.1) is 6.58 Å². The van der Waals surface area contributed by atoms with Crippen LogP contribution in [-0.2, 0) is 4.79 Å². The van der Waals surface area contributed by atoms with Crippen molar-refractivity contribution in [2.75, 3.05) is 0 Å². The highest BCUT2D eigenvalue weighted by atomic mass is 16.1. The van der Waals surface area contributed by atoms with Crippen LogP contribution >= 0.6 is 0 Å². The quantitative estimate of drug-likeness (QED) is 0.481. The number of hydrogen-bond donors (Lipinski definition) is 0. The molecule has 0 aromatic carbocycles. The Kier molecular flexibility index (Phi) is 2.76. The summed E-state index contributed by atoms with van der Waals surface area (Å²) in [5.41, 5.74) is 0.168. The van der Waals surface area contributed by atoms with Crippen molar-refractivity contribution >= 4 is 5.78 Å². The molecule has 1 nitrogen and oxygen atoms in total. The van der Waals surface area contributed by atoms with Crippen LogP contribution in [0.15, 0.2) is 12.7 Å². The average molecular weight is 192 g/mol. The fourth-order valence-electron chi connectivity index (χ4n) is 3.30. The van der Waals surface area contributed by atoms with Gasteiger partial charge in [-0.2, -0.15) is 0 Å². The topological polar surface area (TPSA) is 17.1 Å². The summed E-state index contributed by atoms with van der Waals surface area (Å²) in [5.74, 6) is 1.33. The number of unbranched alkanes of at least 4 members (excludes halogenated alkanes) is 2. The zero-order chi connectivity index (χ0) is 10.0. The minimum absolute atomic E-state index is 0.168. The van der Waals surface area contributed by atoms with Crippen LogP contribution < -0.4 is 0 Å². The molecule has 2 rings (SSSR count). The van der Waals surface area contributed by atoms with Crippen molar-refractivity contribution in [3.05, 3.63) is 12.7 Å². The average Bonchev–Trinajstić information content (AvgIpc) is 2.51. The summed E-state index contributed by atoms with van der Waals surface area (Å²) in [5, 5.41) is 0. The molecule has 0 unspecified atom stereocenters. The number of hydrogen-bond acceptors (Lipinski definition) is 1. The standard InChI is InChI=1S/C13H20O/c1-2-3-4-5-8-13-9-6-7-11(13)10-12(13)14/h2,11H,1,3-10H2/t11-,13-/m0/s1. The molecule has 2 fully saturated rings. The highest BCUT2D eigenvalue weighted by Gasteiger charge is 2.55. The van der Waals surface area contributed by atoms with Crippen LogP contribution in [0.1, 0.15) is 51.4 Å². The van der Waals surface area contributed by atoms with Crippen LogP contribution in [0.3, 0.4) is 0 Å². The number of Topliss-reactive ketones (excluding diaryl/α,β-unsaturated/α-hetero) is 1. The summed E-state index contributed by atoms with van der Waals surface area (Å²) in [6.07, 6.45) is 11.3. The first-order valence-electron chi connectivity index (χ1n) is 5.94. The number of fused-ring (bicyclic) bond motifs is 1. The number of allylic oxidation sites excluding steroid dienone is 1. The molecule has 0 bridgehead atoms. The second-order valence-corrected chi connectivity index (χ2v) is 4.91. The zero-order valence-corrected chi connectivity index (χ0v) is 8.93. The first-order chi connectivity index (χ1) is 6.79. The van der Waals surface area contributed by atoms with E-state index in [1.165, 1.54) is 32.1 Å². The summed E-state index contributed by atoms with van der Waals surface area (Å²) >= 11 is 0. The van der Waals surface area contributed by atoms with Crippen molar-refractivity contribution in [1.82, 2.24) is 0 Å². The molecule has 0 aromatic heterocycles. The molecule has 2 saturated carbocycles. The zero-order valence-electron chi connectivity index (χ0n) is 8.93. The lowest BCUT2D eigenvalue weighted by molar-refractivity contribution is -0.144. The van der Waals surface area contributed by atoms with Gasteiger partial charge in [-0.3, -0.25) is 4.79 Å². The smallest absolute Gasteiger partial charge is 0.139 e. The van der Waals surface area contributed by atoms with Gasteiger partial charge in [0, 0.05) is 11.8 Å². The SMILES string of the molecule is C=CCCCC[C@]12CCC[C@H]1CC2=O. The Morgan fingerprint density at radius 3 is 3.00 bits per heavy atom. The summed E-state index contributed by atoms with van der Waals surface area (Å²) < 4.78 is 0. The van der Waals surface area contributed by atoms with Gasteiger partial charge < -0.3 is 0 Å². The molecule has 78 valence electrons. The van der Waals surface area contributed by atoms with E-state index in [0.29, 0.717) is 5.78 Å². The molecule has 0 aliphatic heterocycles. The van der Waals surface area contributed by atoms with E-state index in [9.17, 15) is 4.79 Å². The third-order valence-corrected chi connectivity index (χ3v) is 4.23. The predicted octanol–water partition coefficient (Wildman–Crippen LogP) is 3.49. The fourth-order valence-corrected chi connectivity index (χ4v) is 3.30. The summed E-state index contributed by atoms with van der Waals surface area (Å²) in [7, 11) is 0. The van der Waals surface area contributed by atoms with E-state index in [-0.39, 0.29) is 5.41 Å². The lowest BCUT2D eigenvalue weighted by Crippen LogP contribution is -2.46. The van der Waals surface area contributed by atoms with E-state index >= 15 is 0 Å². The molecule has 0 heterocycles. The highest BCUT2D eigenvalue weighted by molar-refractivity contribution is 5.91. The van der Waals surface area contributed by atoms with Crippen LogP contribution in [0, 0.1) is 11.3 Å². The Hall–Kier alpha value is -0.590. The van der Waals surface area contributed by atoms with Crippen LogP contribution in [0.5, 0.6) is 0 Å². The fraction of sp³-hybridized carbons (Fsp3) is 0.769. The van der Waals surface area contributed by atoms with E-state index < -0.39 is 0 Å². The van der Waals surface area contributed by atoms with Crippen molar-refractivity contribution in [2.45, 2.75) is 51.4 Å². The van der Waals surface area contributed by atoms with E-state index in [4.69, 9.17) is 0 Å². The molecule has 2 atom stereocenters. The largest absolute Gasteiger partial charge is 0.299 e. The second kappa shape index (κ2) is 3.88. The normalized spacial score (nSPS) is 35.1. The van der Waals surface area contributed by atoms with Gasteiger partial charge in [-0.1, -0.05) is 18.9 Å². The van der Waals surface area contributed by atoms with Gasteiger partial charge in [0.25, 0.3) is 0 Å². The Morgan fingerprint density at radius 1 is 1.50 bits per heavy atom. The van der Waals surface area contributed by atoms with Gasteiger partial charge in [0.05, 0.1) is 0 Å². The second-order valence-electron chi connectivity index (χ2n) is 4.91. The molecule has 0 spiro atoms. The third-order valence-electron chi connectivity index (χ3n) is 4.23. The van der Waals surface area contributed by atoms with Crippen LogP contribution in [0.2, 0.25) is 0 Å².